The Balaban J connectivity index is 2.14. The van der Waals surface area contributed by atoms with Crippen LogP contribution >= 0.6 is 11.5 Å². The number of hydrogen-bond donors (Lipinski definition) is 2. The van der Waals surface area contributed by atoms with Crippen molar-refractivity contribution in [2.45, 2.75) is 6.92 Å². The van der Waals surface area contributed by atoms with Gasteiger partial charge in [0.2, 0.25) is 5.13 Å². The fourth-order valence-electron chi connectivity index (χ4n) is 0.869. The normalized spacial score (nSPS) is 10.2. The van der Waals surface area contributed by atoms with E-state index < -0.39 is 5.97 Å². The molecule has 0 aromatic carbocycles. The number of rotatable bonds is 3. The maximum absolute atomic E-state index is 10.5. The number of nitrogens with zero attached hydrogens (tertiary/aromatic N) is 3. The Hall–Kier alpha value is -1.96. The van der Waals surface area contributed by atoms with Crippen LogP contribution in [-0.2, 0) is 0 Å². The summed E-state index contributed by atoms with van der Waals surface area (Å²) in [4.78, 5) is 18.2. The molecule has 2 aromatic rings. The van der Waals surface area contributed by atoms with E-state index in [-0.39, 0.29) is 11.7 Å². The SMILES string of the molecule is Cc1nsc(Nc2nc(C(=O)O)co2)n1. The number of anilines is 2. The van der Waals surface area contributed by atoms with Gasteiger partial charge in [0, 0.05) is 11.5 Å². The van der Waals surface area contributed by atoms with E-state index in [1.165, 1.54) is 0 Å². The van der Waals surface area contributed by atoms with E-state index in [9.17, 15) is 4.79 Å². The zero-order chi connectivity index (χ0) is 10.8. The van der Waals surface area contributed by atoms with E-state index in [2.05, 4.69) is 19.7 Å². The van der Waals surface area contributed by atoms with E-state index in [0.29, 0.717) is 11.0 Å². The van der Waals surface area contributed by atoms with E-state index >= 15 is 0 Å². The molecule has 0 saturated heterocycles. The van der Waals surface area contributed by atoms with Crippen molar-refractivity contribution < 1.29 is 14.3 Å². The number of carboxylic acids is 1. The van der Waals surface area contributed by atoms with Crippen LogP contribution in [0.4, 0.5) is 11.1 Å². The second-order valence-corrected chi connectivity index (χ2v) is 3.37. The molecule has 7 nitrogen and oxygen atoms in total. The van der Waals surface area contributed by atoms with Gasteiger partial charge in [-0.15, -0.1) is 0 Å². The third-order valence-electron chi connectivity index (χ3n) is 1.46. The highest BCUT2D eigenvalue weighted by molar-refractivity contribution is 7.09. The number of carbonyl (C=O) groups is 1. The first kappa shape index (κ1) is 9.59. The second-order valence-electron chi connectivity index (χ2n) is 2.61. The molecule has 0 atom stereocenters. The van der Waals surface area contributed by atoms with Gasteiger partial charge in [-0.25, -0.2) is 9.78 Å². The van der Waals surface area contributed by atoms with E-state index in [1.807, 2.05) is 0 Å². The maximum Gasteiger partial charge on any atom is 0.357 e. The predicted octanol–water partition coefficient (Wildman–Crippen LogP) is 1.28. The first-order valence-corrected chi connectivity index (χ1v) is 4.68. The molecule has 0 spiro atoms. The van der Waals surface area contributed by atoms with Crippen LogP contribution in [0.5, 0.6) is 0 Å². The van der Waals surface area contributed by atoms with Crippen molar-refractivity contribution in [2.75, 3.05) is 5.32 Å². The Morgan fingerprint density at radius 1 is 1.60 bits per heavy atom. The van der Waals surface area contributed by atoms with Gasteiger partial charge in [-0.3, -0.25) is 5.32 Å². The quantitative estimate of drug-likeness (QED) is 0.812. The minimum Gasteiger partial charge on any atom is -0.476 e. The zero-order valence-corrected chi connectivity index (χ0v) is 8.41. The van der Waals surface area contributed by atoms with Crippen molar-refractivity contribution >= 4 is 28.6 Å². The van der Waals surface area contributed by atoms with Crippen molar-refractivity contribution in [2.24, 2.45) is 0 Å². The highest BCUT2D eigenvalue weighted by Gasteiger charge is 2.11. The maximum atomic E-state index is 10.5. The lowest BCUT2D eigenvalue weighted by molar-refractivity contribution is 0.0690. The van der Waals surface area contributed by atoms with Gasteiger partial charge in [0.1, 0.15) is 12.1 Å². The van der Waals surface area contributed by atoms with Crippen molar-refractivity contribution in [1.29, 1.82) is 0 Å². The fourth-order valence-corrected chi connectivity index (χ4v) is 1.43. The average Bonchev–Trinajstić information content (AvgIpc) is 2.76. The summed E-state index contributed by atoms with van der Waals surface area (Å²) in [7, 11) is 0. The van der Waals surface area contributed by atoms with E-state index in [4.69, 9.17) is 9.52 Å². The highest BCUT2D eigenvalue weighted by atomic mass is 32.1. The van der Waals surface area contributed by atoms with Crippen LogP contribution in [0, 0.1) is 6.92 Å². The smallest absolute Gasteiger partial charge is 0.357 e. The third-order valence-corrected chi connectivity index (χ3v) is 2.19. The molecule has 0 unspecified atom stereocenters. The summed E-state index contributed by atoms with van der Waals surface area (Å²) in [5.41, 5.74) is -0.154. The molecule has 0 aliphatic carbocycles. The molecule has 2 aromatic heterocycles. The monoisotopic (exact) mass is 226 g/mol. The fraction of sp³-hybridized carbons (Fsp3) is 0.143. The number of oxazole rings is 1. The molecule has 0 saturated carbocycles. The molecule has 2 N–H and O–H groups in total. The minimum atomic E-state index is -1.14. The molecule has 8 heteroatoms. The third kappa shape index (κ3) is 2.10. The molecule has 0 radical (unpaired) electrons. The molecule has 0 bridgehead atoms. The first-order chi connectivity index (χ1) is 7.15. The number of hydrogen-bond acceptors (Lipinski definition) is 7. The summed E-state index contributed by atoms with van der Waals surface area (Å²) >= 11 is 1.14. The summed E-state index contributed by atoms with van der Waals surface area (Å²) in [5.74, 6) is -0.507. The molecule has 0 aliphatic rings. The van der Waals surface area contributed by atoms with Crippen LogP contribution in [0.2, 0.25) is 0 Å². The van der Waals surface area contributed by atoms with E-state index in [0.717, 1.165) is 17.8 Å². The van der Waals surface area contributed by atoms with Crippen LogP contribution in [0.1, 0.15) is 16.3 Å². The Bertz CT molecular complexity index is 492. The molecule has 0 amide bonds. The minimum absolute atomic E-state index is 0.0866. The largest absolute Gasteiger partial charge is 0.476 e. The van der Waals surface area contributed by atoms with Crippen molar-refractivity contribution in [3.05, 3.63) is 17.8 Å². The number of nitrogens with one attached hydrogen (secondary N) is 1. The summed E-state index contributed by atoms with van der Waals surface area (Å²) in [6.45, 7) is 1.75. The molecule has 2 heterocycles. The number of aromatic nitrogens is 3. The van der Waals surface area contributed by atoms with Crippen LogP contribution in [0.3, 0.4) is 0 Å². The predicted molar refractivity (Wildman–Crippen MR) is 51.4 cm³/mol. The second kappa shape index (κ2) is 3.65. The van der Waals surface area contributed by atoms with Gasteiger partial charge in [0.05, 0.1) is 0 Å². The van der Waals surface area contributed by atoms with Crippen LogP contribution < -0.4 is 5.32 Å². The van der Waals surface area contributed by atoms with Gasteiger partial charge < -0.3 is 9.52 Å². The number of aryl methyl sites for hydroxylation is 1. The molecule has 2 rings (SSSR count). The summed E-state index contributed by atoms with van der Waals surface area (Å²) in [6, 6.07) is 0.0866. The number of aromatic carboxylic acids is 1. The Morgan fingerprint density at radius 2 is 2.40 bits per heavy atom. The van der Waals surface area contributed by atoms with Crippen LogP contribution in [-0.4, -0.2) is 25.4 Å². The standard InChI is InChI=1S/C7H6N4O3S/c1-3-8-7(15-11-3)10-6-9-4(2-14-6)5(12)13/h2H,1H3,(H,12,13)(H,8,9,10,11). The molecule has 0 aliphatic heterocycles. The Morgan fingerprint density at radius 3 is 2.93 bits per heavy atom. The molecule has 78 valence electrons. The molecule has 0 fully saturated rings. The van der Waals surface area contributed by atoms with Gasteiger partial charge in [0.15, 0.2) is 5.69 Å². The van der Waals surface area contributed by atoms with Gasteiger partial charge in [-0.05, 0) is 6.92 Å². The first-order valence-electron chi connectivity index (χ1n) is 3.91. The lowest BCUT2D eigenvalue weighted by Crippen LogP contribution is -1.97. The molecular weight excluding hydrogens is 220 g/mol. The lowest BCUT2D eigenvalue weighted by Gasteiger charge is -1.91. The van der Waals surface area contributed by atoms with Crippen molar-refractivity contribution in [3.63, 3.8) is 0 Å². The van der Waals surface area contributed by atoms with Crippen LogP contribution in [0.15, 0.2) is 10.7 Å². The zero-order valence-electron chi connectivity index (χ0n) is 7.59. The van der Waals surface area contributed by atoms with Crippen molar-refractivity contribution in [1.82, 2.24) is 14.3 Å². The topological polar surface area (TPSA) is 101 Å². The molecular formula is C7H6N4O3S. The average molecular weight is 226 g/mol. The summed E-state index contributed by atoms with van der Waals surface area (Å²) in [6.07, 6.45) is 1.05. The number of carboxylic acid groups (broad SMARTS) is 1. The molecule has 15 heavy (non-hydrogen) atoms. The lowest BCUT2D eigenvalue weighted by atomic mass is 10.5. The van der Waals surface area contributed by atoms with E-state index in [1.54, 1.807) is 6.92 Å². The summed E-state index contributed by atoms with van der Waals surface area (Å²) < 4.78 is 8.81. The van der Waals surface area contributed by atoms with Gasteiger partial charge in [0.25, 0.3) is 0 Å². The van der Waals surface area contributed by atoms with Gasteiger partial charge in [-0.1, -0.05) is 0 Å². The summed E-state index contributed by atoms with van der Waals surface area (Å²) in [5, 5.41) is 11.8. The van der Waals surface area contributed by atoms with Crippen molar-refractivity contribution in [3.8, 4) is 0 Å². The van der Waals surface area contributed by atoms with Gasteiger partial charge >= 0.3 is 12.0 Å². The van der Waals surface area contributed by atoms with Crippen LogP contribution in [0.25, 0.3) is 0 Å². The highest BCUT2D eigenvalue weighted by Crippen LogP contribution is 2.17. The van der Waals surface area contributed by atoms with Gasteiger partial charge in [-0.2, -0.15) is 9.36 Å². The Labute approximate surface area is 88.0 Å². The Kier molecular flexibility index (Phi) is 2.34.